The molecule has 2 aromatic heterocycles. The van der Waals surface area contributed by atoms with Crippen LogP contribution in [0.1, 0.15) is 59.6 Å². The van der Waals surface area contributed by atoms with E-state index in [2.05, 4.69) is 10.5 Å². The maximum absolute atomic E-state index is 12.5. The van der Waals surface area contributed by atoms with Crippen LogP contribution >= 0.6 is 0 Å². The molecular weight excluding hydrogens is 374 g/mol. The van der Waals surface area contributed by atoms with Crippen LogP contribution in [0.3, 0.4) is 0 Å². The number of ketones is 1. The van der Waals surface area contributed by atoms with Gasteiger partial charge in [-0.1, -0.05) is 24.4 Å². The van der Waals surface area contributed by atoms with Gasteiger partial charge in [0.05, 0.1) is 0 Å². The van der Waals surface area contributed by atoms with Crippen LogP contribution in [0.25, 0.3) is 5.82 Å². The van der Waals surface area contributed by atoms with E-state index in [0.717, 1.165) is 37.8 Å². The molecule has 0 spiro atoms. The molecule has 0 atom stereocenters. The van der Waals surface area contributed by atoms with Crippen molar-refractivity contribution in [3.8, 4) is 5.82 Å². The van der Waals surface area contributed by atoms with E-state index in [4.69, 9.17) is 9.26 Å². The second kappa shape index (κ2) is 9.07. The first-order chi connectivity index (χ1) is 13.9. The standard InChI is InChI=1S/C21H27N3O5/c1-13-9-17(15(3)24(13)19-10-14(2)29-23-19)18(25)12-28-20(26)11-22-21(27)16-7-5-4-6-8-16/h9-10,16H,4-8,11-12H2,1-3H3,(H,22,27). The molecule has 0 radical (unpaired) electrons. The van der Waals surface area contributed by atoms with Crippen LogP contribution in [-0.4, -0.2) is 40.5 Å². The number of rotatable bonds is 7. The van der Waals surface area contributed by atoms with Crippen LogP contribution in [0.2, 0.25) is 0 Å². The van der Waals surface area contributed by atoms with E-state index in [1.165, 1.54) is 0 Å². The second-order valence-electron chi connectivity index (χ2n) is 7.55. The van der Waals surface area contributed by atoms with Crippen LogP contribution < -0.4 is 5.32 Å². The molecule has 1 fully saturated rings. The molecule has 0 aliphatic heterocycles. The molecule has 1 saturated carbocycles. The third kappa shape index (κ3) is 4.93. The van der Waals surface area contributed by atoms with Crippen LogP contribution in [0.4, 0.5) is 0 Å². The van der Waals surface area contributed by atoms with Crippen LogP contribution in [-0.2, 0) is 14.3 Å². The summed E-state index contributed by atoms with van der Waals surface area (Å²) in [5.74, 6) is 0.201. The Morgan fingerprint density at radius 3 is 2.55 bits per heavy atom. The molecule has 0 bridgehead atoms. The SMILES string of the molecule is Cc1cc(-n2c(C)cc(C(=O)COC(=O)CNC(=O)C3CCCCC3)c2C)no1. The first-order valence-electron chi connectivity index (χ1n) is 9.96. The van der Waals surface area contributed by atoms with E-state index in [9.17, 15) is 14.4 Å². The molecule has 1 aliphatic carbocycles. The van der Waals surface area contributed by atoms with Crippen molar-refractivity contribution in [2.24, 2.45) is 5.92 Å². The number of hydrogen-bond acceptors (Lipinski definition) is 6. The zero-order chi connectivity index (χ0) is 21.0. The van der Waals surface area contributed by atoms with Crippen molar-refractivity contribution in [3.63, 3.8) is 0 Å². The number of nitrogens with zero attached hydrogens (tertiary/aromatic N) is 2. The summed E-state index contributed by atoms with van der Waals surface area (Å²) in [6.45, 7) is 4.86. The van der Waals surface area contributed by atoms with Gasteiger partial charge in [-0.3, -0.25) is 19.0 Å². The van der Waals surface area contributed by atoms with Gasteiger partial charge in [0.1, 0.15) is 12.3 Å². The summed E-state index contributed by atoms with van der Waals surface area (Å²) in [5, 5.41) is 6.60. The van der Waals surface area contributed by atoms with Crippen molar-refractivity contribution in [1.82, 2.24) is 15.0 Å². The Bertz CT molecular complexity index is 906. The number of Topliss-reactive ketones (excluding diaryl/α,β-unsaturated/α-hetero) is 1. The topological polar surface area (TPSA) is 103 Å². The van der Waals surface area contributed by atoms with E-state index in [1.54, 1.807) is 26.0 Å². The Labute approximate surface area is 169 Å². The molecule has 1 amide bonds. The summed E-state index contributed by atoms with van der Waals surface area (Å²) in [5.41, 5.74) is 1.98. The molecule has 0 unspecified atom stereocenters. The van der Waals surface area contributed by atoms with Gasteiger partial charge in [0.2, 0.25) is 11.7 Å². The van der Waals surface area contributed by atoms with E-state index >= 15 is 0 Å². The van der Waals surface area contributed by atoms with Crippen molar-refractivity contribution in [2.45, 2.75) is 52.9 Å². The van der Waals surface area contributed by atoms with Gasteiger partial charge in [-0.15, -0.1) is 0 Å². The van der Waals surface area contributed by atoms with Crippen molar-refractivity contribution in [1.29, 1.82) is 0 Å². The normalized spacial score (nSPS) is 14.6. The number of carbonyl (C=O) groups excluding carboxylic acids is 3. The van der Waals surface area contributed by atoms with Gasteiger partial charge < -0.3 is 14.6 Å². The summed E-state index contributed by atoms with van der Waals surface area (Å²) in [6.07, 6.45) is 4.97. The molecule has 8 nitrogen and oxygen atoms in total. The molecule has 3 rings (SSSR count). The fourth-order valence-electron chi connectivity index (χ4n) is 3.80. The summed E-state index contributed by atoms with van der Waals surface area (Å²) >= 11 is 0. The van der Waals surface area contributed by atoms with Gasteiger partial charge >= 0.3 is 5.97 Å². The number of hydrogen-bond donors (Lipinski definition) is 1. The predicted octanol–water partition coefficient (Wildman–Crippen LogP) is 2.81. The number of esters is 1. The van der Waals surface area contributed by atoms with Crippen LogP contribution in [0.15, 0.2) is 16.7 Å². The monoisotopic (exact) mass is 401 g/mol. The average Bonchev–Trinajstić information content (AvgIpc) is 3.26. The van der Waals surface area contributed by atoms with Gasteiger partial charge in [0.15, 0.2) is 12.4 Å². The molecule has 1 aliphatic rings. The van der Waals surface area contributed by atoms with Gasteiger partial charge in [-0.25, -0.2) is 0 Å². The van der Waals surface area contributed by atoms with Crippen LogP contribution in [0, 0.1) is 26.7 Å². The summed E-state index contributed by atoms with van der Waals surface area (Å²) in [7, 11) is 0. The van der Waals surface area contributed by atoms with E-state index in [1.807, 2.05) is 11.5 Å². The maximum atomic E-state index is 12.5. The van der Waals surface area contributed by atoms with Gasteiger partial charge in [-0.2, -0.15) is 0 Å². The third-order valence-corrected chi connectivity index (χ3v) is 5.32. The van der Waals surface area contributed by atoms with Crippen molar-refractivity contribution >= 4 is 17.7 Å². The van der Waals surface area contributed by atoms with E-state index in [0.29, 0.717) is 22.8 Å². The first-order valence-corrected chi connectivity index (χ1v) is 9.96. The molecule has 156 valence electrons. The lowest BCUT2D eigenvalue weighted by Gasteiger charge is -2.20. The minimum Gasteiger partial charge on any atom is -0.456 e. The van der Waals surface area contributed by atoms with E-state index in [-0.39, 0.29) is 30.8 Å². The summed E-state index contributed by atoms with van der Waals surface area (Å²) in [6, 6.07) is 3.52. The summed E-state index contributed by atoms with van der Waals surface area (Å²) < 4.78 is 12.0. The molecule has 1 N–H and O–H groups in total. The Morgan fingerprint density at radius 2 is 1.90 bits per heavy atom. The fourth-order valence-corrected chi connectivity index (χ4v) is 3.80. The third-order valence-electron chi connectivity index (χ3n) is 5.32. The molecule has 2 heterocycles. The predicted molar refractivity (Wildman–Crippen MR) is 105 cm³/mol. The van der Waals surface area contributed by atoms with E-state index < -0.39 is 5.97 Å². The maximum Gasteiger partial charge on any atom is 0.325 e. The summed E-state index contributed by atoms with van der Waals surface area (Å²) in [4.78, 5) is 36.5. The first kappa shape index (κ1) is 20.8. The zero-order valence-electron chi connectivity index (χ0n) is 17.1. The number of ether oxygens (including phenoxy) is 1. The highest BCUT2D eigenvalue weighted by molar-refractivity contribution is 5.99. The smallest absolute Gasteiger partial charge is 0.325 e. The molecule has 0 saturated heterocycles. The van der Waals surface area contributed by atoms with Gasteiger partial charge in [0, 0.05) is 28.9 Å². The number of nitrogens with one attached hydrogen (secondary N) is 1. The van der Waals surface area contributed by atoms with Crippen molar-refractivity contribution in [3.05, 3.63) is 34.8 Å². The molecule has 8 heteroatoms. The quantitative estimate of drug-likeness (QED) is 0.565. The minimum absolute atomic E-state index is 0.0243. The molecule has 0 aromatic carbocycles. The largest absolute Gasteiger partial charge is 0.456 e. The molecular formula is C21H27N3O5. The van der Waals surface area contributed by atoms with Crippen molar-refractivity contribution < 1.29 is 23.6 Å². The lowest BCUT2D eigenvalue weighted by Crippen LogP contribution is -2.36. The number of amides is 1. The average molecular weight is 401 g/mol. The minimum atomic E-state index is -0.622. The Morgan fingerprint density at radius 1 is 1.17 bits per heavy atom. The fraction of sp³-hybridized carbons (Fsp3) is 0.524. The zero-order valence-corrected chi connectivity index (χ0v) is 17.1. The number of aromatic nitrogens is 2. The Hall–Kier alpha value is -2.90. The Kier molecular flexibility index (Phi) is 6.51. The highest BCUT2D eigenvalue weighted by atomic mass is 16.5. The number of carbonyl (C=O) groups is 3. The highest BCUT2D eigenvalue weighted by Crippen LogP contribution is 2.23. The van der Waals surface area contributed by atoms with Gasteiger partial charge in [0.25, 0.3) is 0 Å². The molecule has 29 heavy (non-hydrogen) atoms. The van der Waals surface area contributed by atoms with Crippen molar-refractivity contribution in [2.75, 3.05) is 13.2 Å². The van der Waals surface area contributed by atoms with Crippen LogP contribution in [0.5, 0.6) is 0 Å². The highest BCUT2D eigenvalue weighted by Gasteiger charge is 2.22. The number of aryl methyl sites for hydroxylation is 2. The second-order valence-corrected chi connectivity index (χ2v) is 7.55. The molecule has 2 aromatic rings. The van der Waals surface area contributed by atoms with Gasteiger partial charge in [-0.05, 0) is 39.7 Å². The lowest BCUT2D eigenvalue weighted by atomic mass is 9.89. The lowest BCUT2D eigenvalue weighted by molar-refractivity contribution is -0.143. The Balaban J connectivity index is 1.53.